The van der Waals surface area contributed by atoms with Gasteiger partial charge in [0.15, 0.2) is 0 Å². The van der Waals surface area contributed by atoms with Crippen molar-refractivity contribution in [2.45, 2.75) is 53.0 Å². The second-order valence-corrected chi connectivity index (χ2v) is 7.86. The van der Waals surface area contributed by atoms with E-state index in [2.05, 4.69) is 4.74 Å². The average Bonchev–Trinajstić information content (AvgIpc) is 2.64. The Hall–Kier alpha value is -1.95. The smallest absolute Gasteiger partial charge is 0.460 e. The zero-order valence-corrected chi connectivity index (χ0v) is 16.5. The molecule has 0 amide bonds. The summed E-state index contributed by atoms with van der Waals surface area (Å²) in [6.07, 6.45) is -8.00. The first-order valence-electron chi connectivity index (χ1n) is 7.40. The number of carbonyl (C=O) groups is 1. The van der Waals surface area contributed by atoms with E-state index < -0.39 is 73.7 Å². The lowest BCUT2D eigenvalue weighted by Gasteiger charge is -2.42. The van der Waals surface area contributed by atoms with Gasteiger partial charge in [0, 0.05) is 0 Å². The molecule has 1 N–H and O–H groups in total. The van der Waals surface area contributed by atoms with Gasteiger partial charge < -0.3 is 4.74 Å². The van der Waals surface area contributed by atoms with Crippen molar-refractivity contribution in [3.8, 4) is 0 Å². The minimum absolute atomic E-state index is 0.0645. The molecule has 0 aliphatic carbocycles. The number of hydrogen-bond donors (Lipinski definition) is 1. The summed E-state index contributed by atoms with van der Waals surface area (Å²) in [5, 5.41) is -8.25. The Morgan fingerprint density at radius 2 is 0.833 bits per heavy atom. The van der Waals surface area contributed by atoms with Gasteiger partial charge in [0.1, 0.15) is 0 Å². The first-order valence-corrected chi connectivity index (χ1v) is 8.88. The lowest BCUT2D eigenvalue weighted by Crippen LogP contribution is -2.75. The number of halogens is 19. The summed E-state index contributed by atoms with van der Waals surface area (Å²) in [6.45, 7) is 0. The highest BCUT2D eigenvalue weighted by Gasteiger charge is 2.96. The molecule has 0 saturated heterocycles. The van der Waals surface area contributed by atoms with Crippen molar-refractivity contribution in [2.75, 3.05) is 7.11 Å². The third kappa shape index (κ3) is 4.37. The SMILES string of the molecule is COC(=O)C(F)(F)NS(=O)(=O)C(F)(F)C(F)(F)C(F)(F)C(F)(F)C(F)(F)C(F)(F)C(F)(F)C(F)(F)F. The van der Waals surface area contributed by atoms with Gasteiger partial charge in [-0.15, -0.1) is 4.72 Å². The fourth-order valence-electron chi connectivity index (χ4n) is 1.72. The van der Waals surface area contributed by atoms with Crippen LogP contribution in [0.2, 0.25) is 0 Å². The van der Waals surface area contributed by atoms with Gasteiger partial charge in [0.25, 0.3) is 10.0 Å². The predicted molar refractivity (Wildman–Crippen MR) is 69.7 cm³/mol. The van der Waals surface area contributed by atoms with Crippen LogP contribution in [-0.4, -0.2) is 74.5 Å². The second kappa shape index (κ2) is 8.54. The molecule has 0 radical (unpaired) electrons. The predicted octanol–water partition coefficient (Wildman–Crippen LogP) is 4.64. The standard InChI is InChI=1S/C11H4F19NO4S/c1-35-2(32)3(12,13)31-36(33,34)11(29,30)9(24,25)7(20,21)5(16,17)4(14,15)6(18,19)8(22,23)10(26,27)28/h31H,1H3. The topological polar surface area (TPSA) is 72.5 Å². The Labute approximate surface area is 183 Å². The minimum atomic E-state index is -9.12. The van der Waals surface area contributed by atoms with Crippen LogP contribution in [0.15, 0.2) is 0 Å². The normalized spacial score (nSPS) is 16.2. The molecule has 0 heterocycles. The summed E-state index contributed by atoms with van der Waals surface area (Å²) >= 11 is 0. The molecule has 0 spiro atoms. The van der Waals surface area contributed by atoms with E-state index in [0.29, 0.717) is 0 Å². The molecular formula is C11H4F19NO4S. The average molecular weight is 607 g/mol. The highest BCUT2D eigenvalue weighted by Crippen LogP contribution is 2.64. The molecule has 0 atom stereocenters. The number of methoxy groups -OCH3 is 1. The highest BCUT2D eigenvalue weighted by molar-refractivity contribution is 7.90. The van der Waals surface area contributed by atoms with Crippen LogP contribution < -0.4 is 4.72 Å². The van der Waals surface area contributed by atoms with Crippen LogP contribution in [0.4, 0.5) is 83.4 Å². The van der Waals surface area contributed by atoms with Gasteiger partial charge in [-0.3, -0.25) is 0 Å². The van der Waals surface area contributed by atoms with Crippen LogP contribution in [-0.2, 0) is 19.6 Å². The first-order chi connectivity index (χ1) is 15.2. The highest BCUT2D eigenvalue weighted by atomic mass is 32.2. The Morgan fingerprint density at radius 3 is 1.11 bits per heavy atom. The fourth-order valence-corrected chi connectivity index (χ4v) is 2.74. The molecule has 0 bridgehead atoms. The fraction of sp³-hybridized carbons (Fsp3) is 0.909. The quantitative estimate of drug-likeness (QED) is 0.223. The summed E-state index contributed by atoms with van der Waals surface area (Å²) in [6, 6.07) is -6.11. The number of rotatable bonds is 10. The molecule has 25 heteroatoms. The number of carbonyl (C=O) groups excluding carboxylic acids is 1. The summed E-state index contributed by atoms with van der Waals surface area (Å²) in [5.74, 6) is -56.6. The molecule has 0 aromatic heterocycles. The molecule has 216 valence electrons. The third-order valence-electron chi connectivity index (χ3n) is 3.74. The maximum atomic E-state index is 13.6. The number of sulfonamides is 1. The van der Waals surface area contributed by atoms with E-state index in [1.165, 1.54) is 0 Å². The van der Waals surface area contributed by atoms with Gasteiger partial charge in [-0.05, 0) is 0 Å². The van der Waals surface area contributed by atoms with Crippen molar-refractivity contribution in [3.63, 3.8) is 0 Å². The lowest BCUT2D eigenvalue weighted by molar-refractivity contribution is -0.458. The molecule has 36 heavy (non-hydrogen) atoms. The van der Waals surface area contributed by atoms with Crippen LogP contribution in [0.25, 0.3) is 0 Å². The van der Waals surface area contributed by atoms with Crippen LogP contribution in [0, 0.1) is 0 Å². The number of ether oxygens (including phenoxy) is 1. The second-order valence-electron chi connectivity index (χ2n) is 6.13. The molecule has 0 aromatic rings. The van der Waals surface area contributed by atoms with Crippen molar-refractivity contribution >= 4 is 16.0 Å². The van der Waals surface area contributed by atoms with Crippen LogP contribution in [0.5, 0.6) is 0 Å². The molecule has 5 nitrogen and oxygen atoms in total. The number of hydrogen-bond acceptors (Lipinski definition) is 4. The minimum Gasteiger partial charge on any atom is -0.463 e. The molecular weight excluding hydrogens is 603 g/mol. The number of alkyl halides is 19. The Kier molecular flexibility index (Phi) is 8.08. The molecule has 0 aliphatic heterocycles. The van der Waals surface area contributed by atoms with Crippen molar-refractivity contribution in [3.05, 3.63) is 0 Å². The number of esters is 1. The number of nitrogens with one attached hydrogen (secondary N) is 1. The first kappa shape index (κ1) is 34.0. The van der Waals surface area contributed by atoms with Gasteiger partial charge in [-0.25, -0.2) is 13.2 Å². The Balaban J connectivity index is 6.98. The largest absolute Gasteiger partial charge is 0.463 e. The van der Waals surface area contributed by atoms with Crippen LogP contribution in [0.3, 0.4) is 0 Å². The zero-order valence-electron chi connectivity index (χ0n) is 15.7. The van der Waals surface area contributed by atoms with E-state index in [1.54, 1.807) is 0 Å². The monoisotopic (exact) mass is 607 g/mol. The van der Waals surface area contributed by atoms with Gasteiger partial charge in [0.2, 0.25) is 0 Å². The maximum Gasteiger partial charge on any atom is 0.460 e. The zero-order chi connectivity index (χ0) is 30.0. The Morgan fingerprint density at radius 1 is 0.556 bits per heavy atom. The lowest BCUT2D eigenvalue weighted by atomic mass is 9.91. The van der Waals surface area contributed by atoms with E-state index in [0.717, 1.165) is 0 Å². The van der Waals surface area contributed by atoms with Gasteiger partial charge >= 0.3 is 59.0 Å². The van der Waals surface area contributed by atoms with Gasteiger partial charge in [-0.1, -0.05) is 0 Å². The molecule has 0 rings (SSSR count). The summed E-state index contributed by atoms with van der Waals surface area (Å²) < 4.78 is 272. The van der Waals surface area contributed by atoms with Crippen LogP contribution in [0.1, 0.15) is 0 Å². The summed E-state index contributed by atoms with van der Waals surface area (Å²) in [7, 11) is -8.43. The Bertz CT molecular complexity index is 953. The summed E-state index contributed by atoms with van der Waals surface area (Å²) in [5.41, 5.74) is 0. The molecule has 0 aliphatic rings. The molecule has 0 fully saturated rings. The van der Waals surface area contributed by atoms with Gasteiger partial charge in [-0.2, -0.15) is 83.4 Å². The van der Waals surface area contributed by atoms with Crippen molar-refractivity contribution < 1.29 is 101 Å². The van der Waals surface area contributed by atoms with Crippen molar-refractivity contribution in [1.29, 1.82) is 0 Å². The third-order valence-corrected chi connectivity index (χ3v) is 5.19. The maximum absolute atomic E-state index is 13.6. The summed E-state index contributed by atoms with van der Waals surface area (Å²) in [4.78, 5) is 10.5. The van der Waals surface area contributed by atoms with E-state index in [-0.39, 0.29) is 7.11 Å². The van der Waals surface area contributed by atoms with E-state index in [9.17, 15) is 96.6 Å². The van der Waals surface area contributed by atoms with Crippen molar-refractivity contribution in [1.82, 2.24) is 4.72 Å². The van der Waals surface area contributed by atoms with Crippen LogP contribution >= 0.6 is 0 Å². The molecule has 0 aromatic carbocycles. The van der Waals surface area contributed by atoms with Crippen molar-refractivity contribution in [2.24, 2.45) is 0 Å². The molecule has 0 saturated carbocycles. The van der Waals surface area contributed by atoms with E-state index in [4.69, 9.17) is 0 Å². The van der Waals surface area contributed by atoms with Gasteiger partial charge in [0.05, 0.1) is 7.11 Å². The van der Waals surface area contributed by atoms with E-state index >= 15 is 0 Å². The van der Waals surface area contributed by atoms with E-state index in [1.807, 2.05) is 0 Å². The molecule has 0 unspecified atom stereocenters.